The first kappa shape index (κ1) is 18.3. The topological polar surface area (TPSA) is 118 Å². The molecule has 0 spiro atoms. The number of carboxylic acid groups (broad SMARTS) is 1. The molecule has 1 aromatic heterocycles. The van der Waals surface area contributed by atoms with Crippen molar-refractivity contribution in [2.45, 2.75) is 20.3 Å². The summed E-state index contributed by atoms with van der Waals surface area (Å²) in [6.07, 6.45) is 2.17. The normalized spacial score (nSPS) is 12.0. The minimum Gasteiger partial charge on any atom is -0.492 e. The Morgan fingerprint density at radius 1 is 1.24 bits per heavy atom. The maximum atomic E-state index is 11.1. The lowest BCUT2D eigenvalue weighted by molar-refractivity contribution is -0.148. The van der Waals surface area contributed by atoms with Crippen LogP contribution in [0.1, 0.15) is 30.7 Å². The van der Waals surface area contributed by atoms with E-state index in [2.05, 4.69) is 10.1 Å². The van der Waals surface area contributed by atoms with Crippen molar-refractivity contribution in [3.8, 4) is 5.75 Å². The van der Waals surface area contributed by atoms with E-state index in [1.54, 1.807) is 38.2 Å². The number of aromatic nitrogens is 1. The quantitative estimate of drug-likeness (QED) is 0.307. The molecule has 0 radical (unpaired) electrons. The predicted octanol–water partition coefficient (Wildman–Crippen LogP) is 2.26. The van der Waals surface area contributed by atoms with Crippen LogP contribution in [0.5, 0.6) is 5.75 Å². The third-order valence-corrected chi connectivity index (χ3v) is 3.72. The van der Waals surface area contributed by atoms with Crippen LogP contribution in [0.3, 0.4) is 0 Å². The summed E-state index contributed by atoms with van der Waals surface area (Å²) in [6, 6.07) is 11.0. The Bertz CT molecular complexity index is 753. The third kappa shape index (κ3) is 4.94. The number of ether oxygens (including phenoxy) is 1. The van der Waals surface area contributed by atoms with Crippen LogP contribution in [0, 0.1) is 5.41 Å². The molecule has 4 N–H and O–H groups in total. The smallest absolute Gasteiger partial charge is 0.312 e. The summed E-state index contributed by atoms with van der Waals surface area (Å²) in [5.41, 5.74) is 6.99. The number of hydrogen-bond acceptors (Lipinski definition) is 5. The summed E-state index contributed by atoms with van der Waals surface area (Å²) in [5, 5.41) is 20.6. The molecular formula is C18H21N3O4. The van der Waals surface area contributed by atoms with E-state index in [1.165, 1.54) is 0 Å². The zero-order valence-electron chi connectivity index (χ0n) is 14.1. The van der Waals surface area contributed by atoms with Gasteiger partial charge >= 0.3 is 5.97 Å². The average molecular weight is 343 g/mol. The number of nitrogens with zero attached hydrogens (tertiary/aromatic N) is 2. The van der Waals surface area contributed by atoms with Gasteiger partial charge in [0.1, 0.15) is 12.4 Å². The van der Waals surface area contributed by atoms with E-state index in [0.717, 1.165) is 11.3 Å². The van der Waals surface area contributed by atoms with Crippen molar-refractivity contribution < 1.29 is 19.8 Å². The molecule has 0 bridgehead atoms. The number of nitrogens with two attached hydrogens (primary N) is 1. The number of hydrogen-bond donors (Lipinski definition) is 3. The van der Waals surface area contributed by atoms with Gasteiger partial charge in [0.05, 0.1) is 5.41 Å². The minimum absolute atomic E-state index is 0.0184. The van der Waals surface area contributed by atoms with E-state index >= 15 is 0 Å². The molecule has 2 rings (SSSR count). The van der Waals surface area contributed by atoms with Crippen LogP contribution in [0.15, 0.2) is 47.8 Å². The first-order chi connectivity index (χ1) is 11.8. The molecule has 0 aliphatic rings. The van der Waals surface area contributed by atoms with Crippen molar-refractivity contribution in [1.82, 2.24) is 4.98 Å². The zero-order valence-corrected chi connectivity index (χ0v) is 14.1. The van der Waals surface area contributed by atoms with Crippen LogP contribution in [0.4, 0.5) is 0 Å². The summed E-state index contributed by atoms with van der Waals surface area (Å²) in [7, 11) is 0. The summed E-state index contributed by atoms with van der Waals surface area (Å²) in [4.78, 5) is 15.4. The fraction of sp³-hybridized carbons (Fsp3) is 0.278. The first-order valence-corrected chi connectivity index (χ1v) is 7.70. The van der Waals surface area contributed by atoms with Crippen molar-refractivity contribution in [3.05, 3.63) is 59.4 Å². The van der Waals surface area contributed by atoms with Crippen molar-refractivity contribution in [3.63, 3.8) is 0 Å². The molecule has 1 aromatic carbocycles. The Morgan fingerprint density at radius 2 is 1.92 bits per heavy atom. The summed E-state index contributed by atoms with van der Waals surface area (Å²) >= 11 is 0. The van der Waals surface area contributed by atoms with Gasteiger partial charge in [0.15, 0.2) is 5.84 Å². The predicted molar refractivity (Wildman–Crippen MR) is 92.9 cm³/mol. The van der Waals surface area contributed by atoms with E-state index in [4.69, 9.17) is 20.8 Å². The number of carbonyl (C=O) groups is 1. The molecule has 0 unspecified atom stereocenters. The molecule has 1 heterocycles. The number of rotatable bonds is 7. The van der Waals surface area contributed by atoms with Crippen LogP contribution in [-0.4, -0.2) is 33.7 Å². The highest BCUT2D eigenvalue weighted by molar-refractivity contribution is 5.96. The monoisotopic (exact) mass is 343 g/mol. The zero-order chi connectivity index (χ0) is 18.4. The molecule has 0 atom stereocenters. The molecule has 0 aliphatic carbocycles. The number of amidine groups is 1. The van der Waals surface area contributed by atoms with Crippen LogP contribution in [-0.2, 0) is 11.2 Å². The van der Waals surface area contributed by atoms with Crippen molar-refractivity contribution in [2.75, 3.05) is 6.61 Å². The number of aliphatic carboxylic acids is 1. The van der Waals surface area contributed by atoms with Gasteiger partial charge in [-0.2, -0.15) is 0 Å². The molecule has 25 heavy (non-hydrogen) atoms. The van der Waals surface area contributed by atoms with Crippen molar-refractivity contribution in [1.29, 1.82) is 0 Å². The van der Waals surface area contributed by atoms with Gasteiger partial charge in [-0.05, 0) is 43.7 Å². The Balaban J connectivity index is 1.97. The van der Waals surface area contributed by atoms with Crippen molar-refractivity contribution >= 4 is 11.8 Å². The fourth-order valence-electron chi connectivity index (χ4n) is 1.98. The van der Waals surface area contributed by atoms with E-state index < -0.39 is 11.4 Å². The molecule has 0 saturated heterocycles. The van der Waals surface area contributed by atoms with Gasteiger partial charge in [0, 0.05) is 23.9 Å². The Hall–Kier alpha value is -3.09. The third-order valence-electron chi connectivity index (χ3n) is 3.72. The number of benzene rings is 1. The van der Waals surface area contributed by atoms with Crippen LogP contribution < -0.4 is 10.5 Å². The van der Waals surface area contributed by atoms with Crippen LogP contribution >= 0.6 is 0 Å². The molecule has 132 valence electrons. The SMILES string of the molecule is CC(C)(COc1ccc(Cc2ccc(C(N)=NO)cn2)cc1)C(=O)O. The molecule has 7 heteroatoms. The van der Waals surface area contributed by atoms with E-state index in [0.29, 0.717) is 17.7 Å². The summed E-state index contributed by atoms with van der Waals surface area (Å²) in [5.74, 6) is -0.260. The van der Waals surface area contributed by atoms with E-state index in [1.807, 2.05) is 18.2 Å². The average Bonchev–Trinajstić information content (AvgIpc) is 2.61. The van der Waals surface area contributed by atoms with Gasteiger partial charge in [-0.1, -0.05) is 17.3 Å². The van der Waals surface area contributed by atoms with Gasteiger partial charge in [-0.3, -0.25) is 9.78 Å². The Kier molecular flexibility index (Phi) is 5.59. The van der Waals surface area contributed by atoms with Gasteiger partial charge < -0.3 is 20.8 Å². The van der Waals surface area contributed by atoms with Crippen molar-refractivity contribution in [2.24, 2.45) is 16.3 Å². The molecule has 0 amide bonds. The Morgan fingerprint density at radius 3 is 2.44 bits per heavy atom. The number of oxime groups is 1. The second-order valence-corrected chi connectivity index (χ2v) is 6.32. The highest BCUT2D eigenvalue weighted by Gasteiger charge is 2.28. The molecular weight excluding hydrogens is 322 g/mol. The lowest BCUT2D eigenvalue weighted by Crippen LogP contribution is -2.30. The summed E-state index contributed by atoms with van der Waals surface area (Å²) in [6.45, 7) is 3.33. The van der Waals surface area contributed by atoms with Gasteiger partial charge in [-0.25, -0.2) is 0 Å². The molecule has 7 nitrogen and oxygen atoms in total. The number of pyridine rings is 1. The minimum atomic E-state index is -0.940. The highest BCUT2D eigenvalue weighted by Crippen LogP contribution is 2.20. The number of carboxylic acids is 1. The summed E-state index contributed by atoms with van der Waals surface area (Å²) < 4.78 is 5.54. The second kappa shape index (κ2) is 7.65. The molecule has 2 aromatic rings. The van der Waals surface area contributed by atoms with Gasteiger partial charge in [0.2, 0.25) is 0 Å². The van der Waals surface area contributed by atoms with Crippen LogP contribution in [0.25, 0.3) is 0 Å². The first-order valence-electron chi connectivity index (χ1n) is 7.70. The molecule has 0 aliphatic heterocycles. The van der Waals surface area contributed by atoms with Crippen LogP contribution in [0.2, 0.25) is 0 Å². The highest BCUT2D eigenvalue weighted by atomic mass is 16.5. The second-order valence-electron chi connectivity index (χ2n) is 6.32. The fourth-order valence-corrected chi connectivity index (χ4v) is 1.98. The molecule has 0 saturated carbocycles. The Labute approximate surface area is 145 Å². The standard InChI is InChI=1S/C18H21N3O4/c1-18(2,17(22)23)11-25-15-7-3-12(4-8-15)9-14-6-5-13(10-20-14)16(19)21-24/h3-8,10,24H,9,11H2,1-2H3,(H2,19,21)(H,22,23). The largest absolute Gasteiger partial charge is 0.492 e. The van der Waals surface area contributed by atoms with Gasteiger partial charge in [0.25, 0.3) is 0 Å². The lowest BCUT2D eigenvalue weighted by atomic mass is 9.95. The maximum absolute atomic E-state index is 11.1. The maximum Gasteiger partial charge on any atom is 0.312 e. The van der Waals surface area contributed by atoms with E-state index in [-0.39, 0.29) is 12.4 Å². The molecule has 0 fully saturated rings. The lowest BCUT2D eigenvalue weighted by Gasteiger charge is -2.19. The van der Waals surface area contributed by atoms with E-state index in [9.17, 15) is 4.79 Å². The van der Waals surface area contributed by atoms with Gasteiger partial charge in [-0.15, -0.1) is 0 Å².